The van der Waals surface area contributed by atoms with Gasteiger partial charge >= 0.3 is 6.61 Å². The third kappa shape index (κ3) is 4.72. The lowest BCUT2D eigenvalue weighted by atomic mass is 9.85. The highest BCUT2D eigenvalue weighted by Gasteiger charge is 2.47. The molecule has 0 amide bonds. The molecule has 2 aliphatic heterocycles. The smallest absolute Gasteiger partial charge is 0.387 e. The number of piperidine rings is 1. The topological polar surface area (TPSA) is 76.8 Å². The summed E-state index contributed by atoms with van der Waals surface area (Å²) < 4.78 is 36.2. The first-order valence-corrected chi connectivity index (χ1v) is 10.4. The molecule has 9 heteroatoms. The van der Waals surface area contributed by atoms with Crippen LogP contribution in [-0.2, 0) is 13.1 Å². The first kappa shape index (κ1) is 21.7. The molecule has 2 saturated heterocycles. The Balaban J connectivity index is 1.47. The van der Waals surface area contributed by atoms with Crippen LogP contribution in [-0.4, -0.2) is 51.2 Å². The maximum absolute atomic E-state index is 12.6. The van der Waals surface area contributed by atoms with Gasteiger partial charge in [0.15, 0.2) is 11.5 Å². The van der Waals surface area contributed by atoms with Crippen molar-refractivity contribution in [3.63, 3.8) is 0 Å². The van der Waals surface area contributed by atoms with Crippen LogP contribution in [0.15, 0.2) is 35.1 Å². The molecular weight excluding hydrogens is 408 g/mol. The van der Waals surface area contributed by atoms with E-state index in [0.717, 1.165) is 24.1 Å². The van der Waals surface area contributed by atoms with E-state index >= 15 is 0 Å². The Hall–Kier alpha value is -2.52. The summed E-state index contributed by atoms with van der Waals surface area (Å²) in [6.45, 7) is -0.287. The Labute approximate surface area is 179 Å². The van der Waals surface area contributed by atoms with Crippen LogP contribution in [0.5, 0.6) is 11.5 Å². The molecule has 0 spiro atoms. The summed E-state index contributed by atoms with van der Waals surface area (Å²) in [7, 11) is 1.42. The maximum atomic E-state index is 12.6. The highest BCUT2D eigenvalue weighted by atomic mass is 19.3. The van der Waals surface area contributed by atoms with Crippen molar-refractivity contribution in [1.82, 2.24) is 14.7 Å². The number of aromatic nitrogens is 2. The molecule has 4 rings (SSSR count). The Morgan fingerprint density at radius 2 is 1.90 bits per heavy atom. The zero-order valence-corrected chi connectivity index (χ0v) is 17.6. The average Bonchev–Trinajstić information content (AvgIpc) is 2.95. The Morgan fingerprint density at radius 3 is 2.55 bits per heavy atom. The van der Waals surface area contributed by atoms with Crippen LogP contribution in [0.3, 0.4) is 0 Å². The van der Waals surface area contributed by atoms with Gasteiger partial charge in [0.25, 0.3) is 5.56 Å². The SMILES string of the molecule is COc1cc(CN2C3CCC2CC(O)(Cn2nc(C)ccc2=O)C3)ccc1OC(F)F. The zero-order chi connectivity index (χ0) is 22.2. The molecule has 0 saturated carbocycles. The molecule has 0 radical (unpaired) electrons. The van der Waals surface area contributed by atoms with Crippen LogP contribution < -0.4 is 15.0 Å². The number of ether oxygens (including phenoxy) is 2. The summed E-state index contributed by atoms with van der Waals surface area (Å²) in [5.41, 5.74) is 0.459. The van der Waals surface area contributed by atoms with E-state index in [1.807, 2.05) is 6.92 Å². The molecule has 1 aromatic heterocycles. The van der Waals surface area contributed by atoms with Crippen LogP contribution in [0.2, 0.25) is 0 Å². The number of fused-ring (bicyclic) bond motifs is 2. The standard InChI is InChI=1S/C22H27F2N3O4/c1-14-3-8-20(28)27(25-14)13-22(29)10-16-5-6-17(11-22)26(16)12-15-4-7-18(31-21(23)24)19(9-15)30-2/h3-4,7-9,16-17,21,29H,5-6,10-13H2,1-2H3. The van der Waals surface area contributed by atoms with Gasteiger partial charge in [-0.25, -0.2) is 4.68 Å². The van der Waals surface area contributed by atoms with E-state index in [2.05, 4.69) is 14.7 Å². The lowest BCUT2D eigenvalue weighted by Crippen LogP contribution is -2.53. The normalized spacial score (nSPS) is 25.7. The molecule has 0 aliphatic carbocycles. The second-order valence-electron chi connectivity index (χ2n) is 8.52. The Morgan fingerprint density at radius 1 is 1.19 bits per heavy atom. The molecule has 2 aromatic rings. The van der Waals surface area contributed by atoms with Gasteiger partial charge in [0, 0.05) is 24.7 Å². The summed E-state index contributed by atoms with van der Waals surface area (Å²) in [5, 5.41) is 15.5. The molecule has 2 bridgehead atoms. The Bertz CT molecular complexity index is 983. The van der Waals surface area contributed by atoms with Crippen molar-refractivity contribution < 1.29 is 23.4 Å². The van der Waals surface area contributed by atoms with Crippen molar-refractivity contribution in [2.45, 2.75) is 70.0 Å². The summed E-state index contributed by atoms with van der Waals surface area (Å²) in [6.07, 6.45) is 3.03. The highest BCUT2D eigenvalue weighted by molar-refractivity contribution is 5.43. The second-order valence-corrected chi connectivity index (χ2v) is 8.52. The predicted octanol–water partition coefficient (Wildman–Crippen LogP) is 2.72. The van der Waals surface area contributed by atoms with Crippen molar-refractivity contribution in [3.8, 4) is 11.5 Å². The summed E-state index contributed by atoms with van der Waals surface area (Å²) in [5.74, 6) is 0.275. The number of hydrogen-bond donors (Lipinski definition) is 1. The van der Waals surface area contributed by atoms with Crippen LogP contribution in [0.25, 0.3) is 0 Å². The van der Waals surface area contributed by atoms with Crippen molar-refractivity contribution in [2.24, 2.45) is 0 Å². The number of halogens is 2. The third-order valence-corrected chi connectivity index (χ3v) is 6.26. The van der Waals surface area contributed by atoms with E-state index in [-0.39, 0.29) is 35.7 Å². The van der Waals surface area contributed by atoms with E-state index in [9.17, 15) is 18.7 Å². The van der Waals surface area contributed by atoms with Gasteiger partial charge in [-0.2, -0.15) is 13.9 Å². The molecular formula is C22H27F2N3O4. The largest absolute Gasteiger partial charge is 0.493 e. The predicted molar refractivity (Wildman–Crippen MR) is 109 cm³/mol. The van der Waals surface area contributed by atoms with Gasteiger partial charge in [-0.3, -0.25) is 9.69 Å². The molecule has 31 heavy (non-hydrogen) atoms. The lowest BCUT2D eigenvalue weighted by molar-refractivity contribution is -0.0678. The number of alkyl halides is 2. The van der Waals surface area contributed by atoms with Gasteiger partial charge in [-0.05, 0) is 56.4 Å². The number of hydrogen-bond acceptors (Lipinski definition) is 6. The third-order valence-electron chi connectivity index (χ3n) is 6.26. The van der Waals surface area contributed by atoms with Crippen molar-refractivity contribution >= 4 is 0 Å². The van der Waals surface area contributed by atoms with Crippen molar-refractivity contribution in [2.75, 3.05) is 7.11 Å². The molecule has 168 valence electrons. The molecule has 2 unspecified atom stereocenters. The molecule has 2 aliphatic rings. The van der Waals surface area contributed by atoms with Crippen LogP contribution >= 0.6 is 0 Å². The molecule has 2 atom stereocenters. The molecule has 3 heterocycles. The summed E-state index contributed by atoms with van der Waals surface area (Å²) >= 11 is 0. The molecule has 1 aromatic carbocycles. The van der Waals surface area contributed by atoms with Gasteiger partial charge in [0.1, 0.15) is 0 Å². The first-order valence-electron chi connectivity index (χ1n) is 10.4. The van der Waals surface area contributed by atoms with Crippen molar-refractivity contribution in [3.05, 3.63) is 51.9 Å². The van der Waals surface area contributed by atoms with E-state index in [0.29, 0.717) is 19.4 Å². The minimum absolute atomic E-state index is 0.00772. The molecule has 7 nitrogen and oxygen atoms in total. The van der Waals surface area contributed by atoms with E-state index < -0.39 is 12.2 Å². The number of methoxy groups -OCH3 is 1. The number of benzene rings is 1. The van der Waals surface area contributed by atoms with E-state index in [1.165, 1.54) is 23.9 Å². The lowest BCUT2D eigenvalue weighted by Gasteiger charge is -2.43. The fourth-order valence-corrected chi connectivity index (χ4v) is 4.96. The average molecular weight is 435 g/mol. The fraction of sp³-hybridized carbons (Fsp3) is 0.545. The van der Waals surface area contributed by atoms with Gasteiger partial charge in [-0.15, -0.1) is 0 Å². The van der Waals surface area contributed by atoms with E-state index in [1.54, 1.807) is 18.2 Å². The first-order chi connectivity index (χ1) is 14.8. The number of rotatable bonds is 7. The zero-order valence-electron chi connectivity index (χ0n) is 17.6. The van der Waals surface area contributed by atoms with Crippen LogP contribution in [0.4, 0.5) is 8.78 Å². The number of nitrogens with zero attached hydrogens (tertiary/aromatic N) is 3. The fourth-order valence-electron chi connectivity index (χ4n) is 4.96. The second kappa shape index (κ2) is 8.55. The van der Waals surface area contributed by atoms with Gasteiger partial charge in [-0.1, -0.05) is 6.07 Å². The van der Waals surface area contributed by atoms with Gasteiger partial charge < -0.3 is 14.6 Å². The molecule has 2 fully saturated rings. The van der Waals surface area contributed by atoms with Gasteiger partial charge in [0.2, 0.25) is 0 Å². The Kier molecular flexibility index (Phi) is 5.98. The molecule has 1 N–H and O–H groups in total. The number of aliphatic hydroxyl groups is 1. The summed E-state index contributed by atoms with van der Waals surface area (Å²) in [6, 6.07) is 8.47. The minimum atomic E-state index is -2.91. The minimum Gasteiger partial charge on any atom is -0.493 e. The van der Waals surface area contributed by atoms with Crippen LogP contribution in [0, 0.1) is 6.92 Å². The van der Waals surface area contributed by atoms with Gasteiger partial charge in [0.05, 0.1) is 24.9 Å². The highest BCUT2D eigenvalue weighted by Crippen LogP contribution is 2.42. The van der Waals surface area contributed by atoms with Crippen LogP contribution in [0.1, 0.15) is 36.9 Å². The monoisotopic (exact) mass is 435 g/mol. The number of aryl methyl sites for hydroxylation is 1. The maximum Gasteiger partial charge on any atom is 0.387 e. The van der Waals surface area contributed by atoms with E-state index in [4.69, 9.17) is 4.74 Å². The quantitative estimate of drug-likeness (QED) is 0.721. The summed E-state index contributed by atoms with van der Waals surface area (Å²) in [4.78, 5) is 14.5. The van der Waals surface area contributed by atoms with Crippen molar-refractivity contribution in [1.29, 1.82) is 0 Å².